The average molecular weight is 332 g/mol. The predicted octanol–water partition coefficient (Wildman–Crippen LogP) is 2.47. The van der Waals surface area contributed by atoms with Crippen molar-refractivity contribution in [3.05, 3.63) is 53.1 Å². The summed E-state index contributed by atoms with van der Waals surface area (Å²) in [5.74, 6) is -2.57. The van der Waals surface area contributed by atoms with Crippen molar-refractivity contribution in [2.75, 3.05) is 0 Å². The Bertz CT molecular complexity index is 798. The van der Waals surface area contributed by atoms with Gasteiger partial charge in [-0.25, -0.2) is 9.18 Å². The van der Waals surface area contributed by atoms with Gasteiger partial charge in [-0.15, -0.1) is 0 Å². The average Bonchev–Trinajstić information content (AvgIpc) is 2.89. The molecule has 2 N–H and O–H groups in total. The van der Waals surface area contributed by atoms with Crippen molar-refractivity contribution in [3.8, 4) is 5.75 Å². The highest BCUT2D eigenvalue weighted by molar-refractivity contribution is 6.01. The van der Waals surface area contributed by atoms with E-state index in [2.05, 4.69) is 0 Å². The number of fused-ring (bicyclic) bond motifs is 1. The van der Waals surface area contributed by atoms with Crippen LogP contribution in [-0.2, 0) is 13.1 Å². The number of halogens is 1. The van der Waals surface area contributed by atoms with E-state index < -0.39 is 17.6 Å². The molecule has 1 unspecified atom stereocenters. The van der Waals surface area contributed by atoms with Crippen LogP contribution in [0, 0.1) is 5.82 Å². The van der Waals surface area contributed by atoms with Gasteiger partial charge in [-0.1, -0.05) is 19.1 Å². The second-order valence-electron chi connectivity index (χ2n) is 5.82. The number of rotatable bonds is 4. The van der Waals surface area contributed by atoms with Gasteiger partial charge >= 0.3 is 5.97 Å². The van der Waals surface area contributed by atoms with Crippen molar-refractivity contribution in [1.29, 1.82) is 0 Å². The van der Waals surface area contributed by atoms with Gasteiger partial charge in [-0.05, 0) is 24.1 Å². The zero-order valence-corrected chi connectivity index (χ0v) is 13.1. The number of carboxylic acids is 1. The number of nitrogens with zero attached hydrogens (tertiary/aromatic N) is 2. The van der Waals surface area contributed by atoms with Gasteiger partial charge in [0, 0.05) is 19.3 Å². The van der Waals surface area contributed by atoms with Crippen LogP contribution in [-0.4, -0.2) is 37.6 Å². The van der Waals surface area contributed by atoms with E-state index in [1.165, 1.54) is 22.9 Å². The molecule has 7 heteroatoms. The number of hydrogen-bond donors (Lipinski definition) is 2. The number of benzene rings is 1. The Morgan fingerprint density at radius 3 is 2.58 bits per heavy atom. The maximum Gasteiger partial charge on any atom is 0.341 e. The first-order valence-electron chi connectivity index (χ1n) is 7.63. The highest BCUT2D eigenvalue weighted by atomic mass is 19.1. The molecule has 6 nitrogen and oxygen atoms in total. The van der Waals surface area contributed by atoms with Crippen molar-refractivity contribution in [2.24, 2.45) is 0 Å². The van der Waals surface area contributed by atoms with E-state index in [1.54, 1.807) is 17.0 Å². The SMILES string of the molecule is CCC1Cn2cc(C(=O)O)c(O)c2C(=O)N1Cc1ccc(F)cc1. The highest BCUT2D eigenvalue weighted by Crippen LogP contribution is 2.32. The molecule has 1 aromatic heterocycles. The molecule has 1 aromatic carbocycles. The van der Waals surface area contributed by atoms with Crippen LogP contribution in [0.15, 0.2) is 30.5 Å². The summed E-state index contributed by atoms with van der Waals surface area (Å²) < 4.78 is 14.5. The summed E-state index contributed by atoms with van der Waals surface area (Å²) in [5, 5.41) is 19.2. The largest absolute Gasteiger partial charge is 0.505 e. The molecule has 0 aliphatic carbocycles. The number of aromatic carboxylic acids is 1. The molecule has 1 amide bonds. The number of carboxylic acid groups (broad SMARTS) is 1. The summed E-state index contributed by atoms with van der Waals surface area (Å²) in [6, 6.07) is 5.72. The molecule has 24 heavy (non-hydrogen) atoms. The minimum Gasteiger partial charge on any atom is -0.505 e. The quantitative estimate of drug-likeness (QED) is 0.901. The third-order valence-corrected chi connectivity index (χ3v) is 4.33. The fourth-order valence-electron chi connectivity index (χ4n) is 3.03. The van der Waals surface area contributed by atoms with Gasteiger partial charge in [0.25, 0.3) is 5.91 Å². The van der Waals surface area contributed by atoms with E-state index in [1.807, 2.05) is 6.92 Å². The summed E-state index contributed by atoms with van der Waals surface area (Å²) in [6.45, 7) is 2.60. The first-order chi connectivity index (χ1) is 11.4. The number of hydrogen-bond acceptors (Lipinski definition) is 3. The van der Waals surface area contributed by atoms with Crippen LogP contribution < -0.4 is 0 Å². The van der Waals surface area contributed by atoms with Gasteiger partial charge in [-0.2, -0.15) is 0 Å². The molecule has 2 aromatic rings. The minimum absolute atomic E-state index is 0.0146. The Morgan fingerprint density at radius 2 is 2.00 bits per heavy atom. The molecule has 0 saturated heterocycles. The lowest BCUT2D eigenvalue weighted by molar-refractivity contribution is 0.0562. The van der Waals surface area contributed by atoms with E-state index in [4.69, 9.17) is 5.11 Å². The summed E-state index contributed by atoms with van der Waals surface area (Å²) in [7, 11) is 0. The van der Waals surface area contributed by atoms with E-state index in [0.29, 0.717) is 13.0 Å². The van der Waals surface area contributed by atoms with Crippen LogP contribution >= 0.6 is 0 Å². The van der Waals surface area contributed by atoms with Crippen LogP contribution in [0.5, 0.6) is 5.75 Å². The molecule has 1 atom stereocenters. The van der Waals surface area contributed by atoms with E-state index >= 15 is 0 Å². The zero-order chi connectivity index (χ0) is 17.4. The second-order valence-corrected chi connectivity index (χ2v) is 5.82. The van der Waals surface area contributed by atoms with Gasteiger partial charge in [0.15, 0.2) is 11.4 Å². The Kier molecular flexibility index (Phi) is 4.01. The topological polar surface area (TPSA) is 82.8 Å². The van der Waals surface area contributed by atoms with E-state index in [-0.39, 0.29) is 29.7 Å². The Hall–Kier alpha value is -2.83. The monoisotopic (exact) mass is 332 g/mol. The first kappa shape index (κ1) is 16.0. The summed E-state index contributed by atoms with van der Waals surface area (Å²) in [4.78, 5) is 25.6. The van der Waals surface area contributed by atoms with Gasteiger partial charge < -0.3 is 19.7 Å². The smallest absolute Gasteiger partial charge is 0.341 e. The summed E-state index contributed by atoms with van der Waals surface area (Å²) in [5.41, 5.74) is 0.470. The number of amides is 1. The lowest BCUT2D eigenvalue weighted by atomic mass is 10.1. The highest BCUT2D eigenvalue weighted by Gasteiger charge is 2.36. The Labute approximate surface area is 137 Å². The van der Waals surface area contributed by atoms with Crippen LogP contribution in [0.2, 0.25) is 0 Å². The van der Waals surface area contributed by atoms with Crippen LogP contribution in [0.4, 0.5) is 4.39 Å². The third kappa shape index (κ3) is 2.62. The molecular weight excluding hydrogens is 315 g/mol. The number of aromatic hydroxyl groups is 1. The molecule has 126 valence electrons. The lowest BCUT2D eigenvalue weighted by Crippen LogP contribution is -2.46. The molecule has 0 fully saturated rings. The maximum atomic E-state index is 13.0. The van der Waals surface area contributed by atoms with Crippen molar-refractivity contribution in [2.45, 2.75) is 32.5 Å². The number of carbonyl (C=O) groups excluding carboxylic acids is 1. The molecule has 0 spiro atoms. The van der Waals surface area contributed by atoms with Gasteiger partial charge in [0.1, 0.15) is 11.4 Å². The lowest BCUT2D eigenvalue weighted by Gasteiger charge is -2.36. The maximum absolute atomic E-state index is 13.0. The summed E-state index contributed by atoms with van der Waals surface area (Å²) >= 11 is 0. The predicted molar refractivity (Wildman–Crippen MR) is 83.4 cm³/mol. The Balaban J connectivity index is 1.97. The molecule has 0 bridgehead atoms. The van der Waals surface area contributed by atoms with Crippen LogP contribution in [0.1, 0.15) is 39.8 Å². The van der Waals surface area contributed by atoms with Gasteiger partial charge in [0.05, 0.1) is 6.04 Å². The molecule has 0 saturated carbocycles. The molecule has 1 aliphatic rings. The van der Waals surface area contributed by atoms with Crippen molar-refractivity contribution in [3.63, 3.8) is 0 Å². The summed E-state index contributed by atoms with van der Waals surface area (Å²) in [6.07, 6.45) is 1.97. The normalized spacial score (nSPS) is 17.0. The van der Waals surface area contributed by atoms with Crippen LogP contribution in [0.25, 0.3) is 0 Å². The molecular formula is C17H17FN2O4. The van der Waals surface area contributed by atoms with Gasteiger partial charge in [-0.3, -0.25) is 4.79 Å². The van der Waals surface area contributed by atoms with Crippen LogP contribution in [0.3, 0.4) is 0 Å². The van der Waals surface area contributed by atoms with E-state index in [9.17, 15) is 19.1 Å². The molecule has 3 rings (SSSR count). The van der Waals surface area contributed by atoms with Crippen molar-refractivity contribution < 1.29 is 24.2 Å². The third-order valence-electron chi connectivity index (χ3n) is 4.33. The number of aromatic nitrogens is 1. The van der Waals surface area contributed by atoms with Crippen molar-refractivity contribution in [1.82, 2.24) is 9.47 Å². The Morgan fingerprint density at radius 1 is 1.33 bits per heavy atom. The second kappa shape index (κ2) is 5.99. The molecule has 2 heterocycles. The fraction of sp³-hybridized carbons (Fsp3) is 0.294. The standard InChI is InChI=1S/C17H17FN2O4/c1-2-12-8-19-9-13(17(23)24)15(21)14(19)16(22)20(12)7-10-3-5-11(18)6-4-10/h3-6,9,12,21H,2,7-8H2,1H3,(H,23,24). The first-order valence-corrected chi connectivity index (χ1v) is 7.63. The molecule has 1 aliphatic heterocycles. The van der Waals surface area contributed by atoms with Crippen molar-refractivity contribution >= 4 is 11.9 Å². The van der Waals surface area contributed by atoms with E-state index in [0.717, 1.165) is 5.56 Å². The minimum atomic E-state index is -1.28. The van der Waals surface area contributed by atoms with Gasteiger partial charge in [0.2, 0.25) is 0 Å². The zero-order valence-electron chi connectivity index (χ0n) is 13.1. The fourth-order valence-corrected chi connectivity index (χ4v) is 3.03. The number of carbonyl (C=O) groups is 2. The molecule has 0 radical (unpaired) electrons.